The largest absolute Gasteiger partial charge is 0.353 e. The van der Waals surface area contributed by atoms with Crippen LogP contribution in [0.3, 0.4) is 0 Å². The third-order valence-corrected chi connectivity index (χ3v) is 4.67. The highest BCUT2D eigenvalue weighted by molar-refractivity contribution is 5.54. The summed E-state index contributed by atoms with van der Waals surface area (Å²) in [5.41, 5.74) is 1.67. The number of benzene rings is 2. The lowest BCUT2D eigenvalue weighted by Crippen LogP contribution is -2.46. The Labute approximate surface area is 161 Å². The first-order chi connectivity index (χ1) is 13.7. The van der Waals surface area contributed by atoms with Crippen molar-refractivity contribution in [3.63, 3.8) is 0 Å². The Hall–Kier alpha value is -3.13. The van der Waals surface area contributed by atoms with Crippen LogP contribution in [0.1, 0.15) is 5.56 Å². The quantitative estimate of drug-likeness (QED) is 0.731. The van der Waals surface area contributed by atoms with E-state index in [2.05, 4.69) is 54.6 Å². The van der Waals surface area contributed by atoms with Gasteiger partial charge >= 0.3 is 0 Å². The molecule has 1 saturated heterocycles. The Morgan fingerprint density at radius 1 is 0.929 bits per heavy atom. The lowest BCUT2D eigenvalue weighted by molar-refractivity contribution is 0.249. The van der Waals surface area contributed by atoms with Crippen LogP contribution in [0.5, 0.6) is 0 Å². The standard InChI is InChI=1S/C20H20F2N6/c21-17-7-6-16(12-18(17)22)24-20-25-19(13-23-26-20)28-10-8-27(9-11-28)14-15-4-2-1-3-5-15/h1-7,12-13H,8-11,14H2,(H,24,25,26). The number of aromatic nitrogens is 3. The molecule has 8 heteroatoms. The number of nitrogens with one attached hydrogen (secondary N) is 1. The molecule has 1 aliphatic heterocycles. The fourth-order valence-corrected chi connectivity index (χ4v) is 3.18. The normalized spacial score (nSPS) is 14.9. The van der Waals surface area contributed by atoms with Crippen molar-refractivity contribution in [2.75, 3.05) is 36.4 Å². The van der Waals surface area contributed by atoms with Gasteiger partial charge in [0.15, 0.2) is 17.5 Å². The maximum absolute atomic E-state index is 13.4. The molecule has 6 nitrogen and oxygen atoms in total. The maximum atomic E-state index is 13.4. The van der Waals surface area contributed by atoms with Gasteiger partial charge in [-0.05, 0) is 17.7 Å². The predicted molar refractivity (Wildman–Crippen MR) is 103 cm³/mol. The minimum absolute atomic E-state index is 0.246. The highest BCUT2D eigenvalue weighted by Crippen LogP contribution is 2.19. The number of rotatable bonds is 5. The molecule has 0 bridgehead atoms. The first kappa shape index (κ1) is 18.2. The molecule has 0 amide bonds. The van der Waals surface area contributed by atoms with E-state index in [0.717, 1.165) is 44.9 Å². The number of anilines is 3. The second kappa shape index (κ2) is 8.26. The van der Waals surface area contributed by atoms with E-state index in [4.69, 9.17) is 0 Å². The van der Waals surface area contributed by atoms with Gasteiger partial charge in [0.05, 0.1) is 6.20 Å². The second-order valence-corrected chi connectivity index (χ2v) is 6.64. The number of piperazine rings is 1. The average Bonchev–Trinajstić information content (AvgIpc) is 2.72. The summed E-state index contributed by atoms with van der Waals surface area (Å²) in [6.45, 7) is 4.43. The minimum Gasteiger partial charge on any atom is -0.353 e. The minimum atomic E-state index is -0.927. The molecule has 0 aliphatic carbocycles. The smallest absolute Gasteiger partial charge is 0.249 e. The predicted octanol–water partition coefficient (Wildman–Crippen LogP) is 3.22. The summed E-state index contributed by atoms with van der Waals surface area (Å²) in [6, 6.07) is 14.0. The van der Waals surface area contributed by atoms with Gasteiger partial charge in [0.2, 0.25) is 5.95 Å². The Kier molecular flexibility index (Phi) is 5.38. The van der Waals surface area contributed by atoms with Crippen LogP contribution in [0, 0.1) is 11.6 Å². The van der Waals surface area contributed by atoms with Crippen molar-refractivity contribution in [3.05, 3.63) is 71.9 Å². The van der Waals surface area contributed by atoms with E-state index in [0.29, 0.717) is 11.5 Å². The van der Waals surface area contributed by atoms with E-state index in [1.165, 1.54) is 11.6 Å². The molecule has 2 aromatic carbocycles. The van der Waals surface area contributed by atoms with E-state index in [-0.39, 0.29) is 5.95 Å². The van der Waals surface area contributed by atoms with Crippen LogP contribution in [-0.4, -0.2) is 46.3 Å². The molecule has 0 radical (unpaired) electrons. The molecular weight excluding hydrogens is 362 g/mol. The summed E-state index contributed by atoms with van der Waals surface area (Å²) in [4.78, 5) is 9.01. The van der Waals surface area contributed by atoms with Gasteiger partial charge in [-0.25, -0.2) is 8.78 Å². The second-order valence-electron chi connectivity index (χ2n) is 6.64. The molecule has 28 heavy (non-hydrogen) atoms. The first-order valence-corrected chi connectivity index (χ1v) is 9.10. The van der Waals surface area contributed by atoms with Crippen molar-refractivity contribution >= 4 is 17.5 Å². The van der Waals surface area contributed by atoms with Crippen LogP contribution in [-0.2, 0) is 6.54 Å². The zero-order chi connectivity index (χ0) is 19.3. The summed E-state index contributed by atoms with van der Waals surface area (Å²) in [7, 11) is 0. The number of hydrogen-bond acceptors (Lipinski definition) is 6. The first-order valence-electron chi connectivity index (χ1n) is 9.10. The molecule has 3 aromatic rings. The Balaban J connectivity index is 1.37. The number of nitrogens with zero attached hydrogens (tertiary/aromatic N) is 5. The van der Waals surface area contributed by atoms with Crippen LogP contribution < -0.4 is 10.2 Å². The fourth-order valence-electron chi connectivity index (χ4n) is 3.18. The number of halogens is 2. The van der Waals surface area contributed by atoms with Crippen LogP contribution >= 0.6 is 0 Å². The van der Waals surface area contributed by atoms with E-state index in [1.54, 1.807) is 6.20 Å². The molecule has 1 fully saturated rings. The van der Waals surface area contributed by atoms with Crippen LogP contribution in [0.4, 0.5) is 26.2 Å². The fraction of sp³-hybridized carbons (Fsp3) is 0.250. The number of hydrogen-bond donors (Lipinski definition) is 1. The van der Waals surface area contributed by atoms with Crippen molar-refractivity contribution in [1.82, 2.24) is 20.1 Å². The zero-order valence-corrected chi connectivity index (χ0v) is 15.2. The van der Waals surface area contributed by atoms with E-state index < -0.39 is 11.6 Å². The van der Waals surface area contributed by atoms with Gasteiger partial charge in [-0.2, -0.15) is 10.1 Å². The average molecular weight is 382 g/mol. The van der Waals surface area contributed by atoms with Gasteiger partial charge in [0.25, 0.3) is 0 Å². The monoisotopic (exact) mass is 382 g/mol. The molecule has 2 heterocycles. The topological polar surface area (TPSA) is 57.2 Å². The third-order valence-electron chi connectivity index (χ3n) is 4.67. The van der Waals surface area contributed by atoms with E-state index >= 15 is 0 Å². The molecule has 144 valence electrons. The van der Waals surface area contributed by atoms with Crippen molar-refractivity contribution in [1.29, 1.82) is 0 Å². The molecule has 0 saturated carbocycles. The highest BCUT2D eigenvalue weighted by atomic mass is 19.2. The van der Waals surface area contributed by atoms with Gasteiger partial charge in [-0.1, -0.05) is 30.3 Å². The van der Waals surface area contributed by atoms with Crippen molar-refractivity contribution in [3.8, 4) is 0 Å². The van der Waals surface area contributed by atoms with Gasteiger partial charge in [0.1, 0.15) is 0 Å². The van der Waals surface area contributed by atoms with Crippen LogP contribution in [0.2, 0.25) is 0 Å². The summed E-state index contributed by atoms with van der Waals surface area (Å²) in [6.07, 6.45) is 1.61. The Morgan fingerprint density at radius 3 is 2.46 bits per heavy atom. The SMILES string of the molecule is Fc1ccc(Nc2nncc(N3CCN(Cc4ccccc4)CC3)n2)cc1F. The Bertz CT molecular complexity index is 929. The van der Waals surface area contributed by atoms with Crippen LogP contribution in [0.15, 0.2) is 54.7 Å². The molecule has 1 aromatic heterocycles. The highest BCUT2D eigenvalue weighted by Gasteiger charge is 2.19. The third kappa shape index (κ3) is 4.40. The van der Waals surface area contributed by atoms with E-state index in [1.807, 2.05) is 6.07 Å². The van der Waals surface area contributed by atoms with Crippen molar-refractivity contribution in [2.45, 2.75) is 6.54 Å². The molecular formula is C20H20F2N6. The molecule has 4 rings (SSSR count). The molecule has 0 atom stereocenters. The lowest BCUT2D eigenvalue weighted by atomic mass is 10.2. The van der Waals surface area contributed by atoms with Gasteiger partial charge < -0.3 is 10.2 Å². The summed E-state index contributed by atoms with van der Waals surface area (Å²) in [5.74, 6) is -0.870. The summed E-state index contributed by atoms with van der Waals surface area (Å²) >= 11 is 0. The molecule has 1 aliphatic rings. The maximum Gasteiger partial charge on any atom is 0.249 e. The van der Waals surface area contributed by atoms with E-state index in [9.17, 15) is 8.78 Å². The molecule has 0 spiro atoms. The Morgan fingerprint density at radius 2 is 1.71 bits per heavy atom. The molecule has 1 N–H and O–H groups in total. The van der Waals surface area contributed by atoms with Crippen molar-refractivity contribution in [2.24, 2.45) is 0 Å². The summed E-state index contributed by atoms with van der Waals surface area (Å²) < 4.78 is 26.4. The van der Waals surface area contributed by atoms with Gasteiger partial charge in [0, 0.05) is 44.5 Å². The van der Waals surface area contributed by atoms with Crippen molar-refractivity contribution < 1.29 is 8.78 Å². The lowest BCUT2D eigenvalue weighted by Gasteiger charge is -2.35. The zero-order valence-electron chi connectivity index (χ0n) is 15.2. The summed E-state index contributed by atoms with van der Waals surface area (Å²) in [5, 5.41) is 10.8. The van der Waals surface area contributed by atoms with Gasteiger partial charge in [-0.3, -0.25) is 4.90 Å². The van der Waals surface area contributed by atoms with Gasteiger partial charge in [-0.15, -0.1) is 5.10 Å². The van der Waals surface area contributed by atoms with Crippen LogP contribution in [0.25, 0.3) is 0 Å². The molecule has 0 unspecified atom stereocenters.